The predicted molar refractivity (Wildman–Crippen MR) is 94.7 cm³/mol. The highest BCUT2D eigenvalue weighted by atomic mass is 16.5. The monoisotopic (exact) mass is 325 g/mol. The molecular formula is C19H23N3O2. The van der Waals surface area contributed by atoms with E-state index < -0.39 is 0 Å². The number of methoxy groups -OCH3 is 1. The van der Waals surface area contributed by atoms with Crippen LogP contribution in [0.1, 0.15) is 28.8 Å². The summed E-state index contributed by atoms with van der Waals surface area (Å²) in [5.41, 5.74) is 1.83. The second-order valence-corrected chi connectivity index (χ2v) is 5.92. The normalized spacial score (nSPS) is 13.8. The molecule has 24 heavy (non-hydrogen) atoms. The van der Waals surface area contributed by atoms with E-state index in [2.05, 4.69) is 15.2 Å². The summed E-state index contributed by atoms with van der Waals surface area (Å²) in [6, 6.07) is 11.6. The lowest BCUT2D eigenvalue weighted by atomic mass is 10.1. The first kappa shape index (κ1) is 16.3. The highest BCUT2D eigenvalue weighted by molar-refractivity contribution is 5.98. The van der Waals surface area contributed by atoms with Crippen molar-refractivity contribution in [3.8, 4) is 5.75 Å². The minimum absolute atomic E-state index is 0.0569. The number of hydrogen-bond acceptors (Lipinski definition) is 4. The number of nitrogens with one attached hydrogen (secondary N) is 1. The summed E-state index contributed by atoms with van der Waals surface area (Å²) in [5, 5.41) is 3.00. The van der Waals surface area contributed by atoms with Gasteiger partial charge in [-0.3, -0.25) is 4.79 Å². The average Bonchev–Trinajstić information content (AvgIpc) is 3.17. The van der Waals surface area contributed by atoms with Crippen molar-refractivity contribution in [3.05, 3.63) is 53.7 Å². The molecule has 1 fully saturated rings. The van der Waals surface area contributed by atoms with Gasteiger partial charge in [0.1, 0.15) is 11.6 Å². The van der Waals surface area contributed by atoms with E-state index in [9.17, 15) is 4.79 Å². The first-order valence-electron chi connectivity index (χ1n) is 8.39. The summed E-state index contributed by atoms with van der Waals surface area (Å²) in [6.45, 7) is 2.55. The van der Waals surface area contributed by atoms with Gasteiger partial charge in [0.25, 0.3) is 5.91 Å². The molecule has 1 aromatic carbocycles. The molecule has 0 saturated carbocycles. The van der Waals surface area contributed by atoms with Crippen molar-refractivity contribution in [1.29, 1.82) is 0 Å². The zero-order chi connectivity index (χ0) is 16.8. The van der Waals surface area contributed by atoms with Crippen LogP contribution in [0.4, 0.5) is 5.82 Å². The Morgan fingerprint density at radius 3 is 2.67 bits per heavy atom. The molecule has 1 amide bonds. The Morgan fingerprint density at radius 1 is 1.21 bits per heavy atom. The minimum atomic E-state index is -0.0569. The lowest BCUT2D eigenvalue weighted by molar-refractivity contribution is 0.0954. The molecule has 5 heteroatoms. The molecule has 0 aliphatic carbocycles. The van der Waals surface area contributed by atoms with Crippen LogP contribution in [-0.2, 0) is 6.42 Å². The van der Waals surface area contributed by atoms with Gasteiger partial charge in [-0.1, -0.05) is 12.1 Å². The Kier molecular flexibility index (Phi) is 5.31. The fraction of sp³-hybridized carbons (Fsp3) is 0.368. The Labute approximate surface area is 142 Å². The maximum absolute atomic E-state index is 12.5. The summed E-state index contributed by atoms with van der Waals surface area (Å²) < 4.78 is 5.15. The fourth-order valence-corrected chi connectivity index (χ4v) is 2.96. The van der Waals surface area contributed by atoms with Crippen LogP contribution < -0.4 is 15.0 Å². The van der Waals surface area contributed by atoms with Gasteiger partial charge in [0.15, 0.2) is 0 Å². The molecule has 0 radical (unpaired) electrons. The van der Waals surface area contributed by atoms with Gasteiger partial charge in [-0.05, 0) is 49.1 Å². The largest absolute Gasteiger partial charge is 0.497 e. The number of ether oxygens (including phenoxy) is 1. The summed E-state index contributed by atoms with van der Waals surface area (Å²) in [6.07, 6.45) is 4.86. The molecule has 2 heterocycles. The molecule has 5 nitrogen and oxygen atoms in total. The van der Waals surface area contributed by atoms with E-state index in [1.165, 1.54) is 5.56 Å². The topological polar surface area (TPSA) is 54.5 Å². The minimum Gasteiger partial charge on any atom is -0.497 e. The van der Waals surface area contributed by atoms with Crippen molar-refractivity contribution < 1.29 is 9.53 Å². The molecule has 1 N–H and O–H groups in total. The highest BCUT2D eigenvalue weighted by Gasteiger charge is 2.20. The van der Waals surface area contributed by atoms with Gasteiger partial charge in [0, 0.05) is 25.8 Å². The average molecular weight is 325 g/mol. The van der Waals surface area contributed by atoms with Crippen LogP contribution in [0.3, 0.4) is 0 Å². The Hall–Kier alpha value is -2.56. The number of carbonyl (C=O) groups is 1. The Balaban J connectivity index is 1.58. The van der Waals surface area contributed by atoms with E-state index >= 15 is 0 Å². The molecule has 1 saturated heterocycles. The summed E-state index contributed by atoms with van der Waals surface area (Å²) in [4.78, 5) is 19.1. The number of aromatic nitrogens is 1. The lowest BCUT2D eigenvalue weighted by Crippen LogP contribution is -2.29. The summed E-state index contributed by atoms with van der Waals surface area (Å²) >= 11 is 0. The molecule has 3 rings (SSSR count). The van der Waals surface area contributed by atoms with E-state index in [4.69, 9.17) is 4.74 Å². The highest BCUT2D eigenvalue weighted by Crippen LogP contribution is 2.21. The van der Waals surface area contributed by atoms with Gasteiger partial charge in [-0.2, -0.15) is 0 Å². The van der Waals surface area contributed by atoms with E-state index in [0.717, 1.165) is 43.9 Å². The van der Waals surface area contributed by atoms with Gasteiger partial charge in [0.2, 0.25) is 0 Å². The molecule has 1 aromatic heterocycles. The molecule has 1 aliphatic heterocycles. The van der Waals surface area contributed by atoms with Crippen LogP contribution in [-0.4, -0.2) is 37.6 Å². The molecular weight excluding hydrogens is 302 g/mol. The third kappa shape index (κ3) is 3.85. The molecule has 0 spiro atoms. The van der Waals surface area contributed by atoms with Crippen LogP contribution in [0.25, 0.3) is 0 Å². The van der Waals surface area contributed by atoms with Crippen LogP contribution in [0.2, 0.25) is 0 Å². The predicted octanol–water partition coefficient (Wildman–Crippen LogP) is 2.66. The number of anilines is 1. The molecule has 0 unspecified atom stereocenters. The Bertz CT molecular complexity index is 679. The van der Waals surface area contributed by atoms with Gasteiger partial charge in [-0.25, -0.2) is 4.98 Å². The maximum atomic E-state index is 12.5. The zero-order valence-corrected chi connectivity index (χ0v) is 14.0. The van der Waals surface area contributed by atoms with Crippen LogP contribution >= 0.6 is 0 Å². The van der Waals surface area contributed by atoms with Crippen molar-refractivity contribution in [2.45, 2.75) is 19.3 Å². The van der Waals surface area contributed by atoms with Crippen LogP contribution in [0.15, 0.2) is 42.6 Å². The van der Waals surface area contributed by atoms with Gasteiger partial charge in [0.05, 0.1) is 12.7 Å². The van der Waals surface area contributed by atoms with Crippen molar-refractivity contribution in [2.24, 2.45) is 0 Å². The summed E-state index contributed by atoms with van der Waals surface area (Å²) in [5.74, 6) is 1.59. The SMILES string of the molecule is COc1ccc(CCNC(=O)c2cccnc2N2CCCC2)cc1. The standard InChI is InChI=1S/C19H23N3O2/c1-24-16-8-6-15(7-9-16)10-12-21-19(23)17-5-4-11-20-18(17)22-13-2-3-14-22/h4-9,11H,2-3,10,12-14H2,1H3,(H,21,23). The van der Waals surface area contributed by atoms with E-state index in [1.54, 1.807) is 13.3 Å². The lowest BCUT2D eigenvalue weighted by Gasteiger charge is -2.19. The smallest absolute Gasteiger partial charge is 0.255 e. The third-order valence-corrected chi connectivity index (χ3v) is 4.30. The first-order chi connectivity index (χ1) is 11.8. The first-order valence-corrected chi connectivity index (χ1v) is 8.39. The Morgan fingerprint density at radius 2 is 1.96 bits per heavy atom. The van der Waals surface area contributed by atoms with E-state index in [-0.39, 0.29) is 5.91 Å². The molecule has 0 atom stereocenters. The van der Waals surface area contributed by atoms with Crippen molar-refractivity contribution in [2.75, 3.05) is 31.6 Å². The van der Waals surface area contributed by atoms with Gasteiger partial charge in [-0.15, -0.1) is 0 Å². The van der Waals surface area contributed by atoms with Gasteiger partial charge >= 0.3 is 0 Å². The zero-order valence-electron chi connectivity index (χ0n) is 14.0. The molecule has 2 aromatic rings. The molecule has 126 valence electrons. The molecule has 1 aliphatic rings. The van der Waals surface area contributed by atoms with Crippen molar-refractivity contribution in [3.63, 3.8) is 0 Å². The van der Waals surface area contributed by atoms with E-state index in [0.29, 0.717) is 12.1 Å². The number of amides is 1. The van der Waals surface area contributed by atoms with Crippen molar-refractivity contribution >= 4 is 11.7 Å². The number of carbonyl (C=O) groups excluding carboxylic acids is 1. The number of hydrogen-bond donors (Lipinski definition) is 1. The third-order valence-electron chi connectivity index (χ3n) is 4.30. The van der Waals surface area contributed by atoms with Crippen molar-refractivity contribution in [1.82, 2.24) is 10.3 Å². The van der Waals surface area contributed by atoms with Crippen LogP contribution in [0, 0.1) is 0 Å². The number of rotatable bonds is 6. The number of benzene rings is 1. The second-order valence-electron chi connectivity index (χ2n) is 5.92. The number of nitrogens with zero attached hydrogens (tertiary/aromatic N) is 2. The van der Waals surface area contributed by atoms with E-state index in [1.807, 2.05) is 36.4 Å². The number of pyridine rings is 1. The summed E-state index contributed by atoms with van der Waals surface area (Å²) in [7, 11) is 1.65. The van der Waals surface area contributed by atoms with Gasteiger partial charge < -0.3 is 15.0 Å². The molecule has 0 bridgehead atoms. The fourth-order valence-electron chi connectivity index (χ4n) is 2.96. The maximum Gasteiger partial charge on any atom is 0.255 e. The second kappa shape index (κ2) is 7.81. The van der Waals surface area contributed by atoms with Crippen LogP contribution in [0.5, 0.6) is 5.75 Å². The quantitative estimate of drug-likeness (QED) is 0.887.